The average Bonchev–Trinajstić information content (AvgIpc) is 2.72. The second kappa shape index (κ2) is 4.43. The molecule has 0 spiro atoms. The first-order valence-corrected chi connectivity index (χ1v) is 5.17. The Morgan fingerprint density at radius 1 is 1.60 bits per heavy atom. The average molecular weight is 205 g/mol. The molecule has 2 heterocycles. The van der Waals surface area contributed by atoms with Crippen LogP contribution in [0.1, 0.15) is 12.2 Å². The largest absolute Gasteiger partial charge is 0.333 e. The zero-order valence-corrected chi connectivity index (χ0v) is 8.63. The highest BCUT2D eigenvalue weighted by Gasteiger charge is 2.16. The lowest BCUT2D eigenvalue weighted by atomic mass is 10.2. The summed E-state index contributed by atoms with van der Waals surface area (Å²) >= 11 is 0. The number of fused-ring (bicyclic) bond motifs is 1. The molecule has 1 unspecified atom stereocenters. The predicted octanol–water partition coefficient (Wildman–Crippen LogP) is -0.0603. The lowest BCUT2D eigenvalue weighted by Gasteiger charge is -2.27. The second-order valence-electron chi connectivity index (χ2n) is 3.84. The fourth-order valence-electron chi connectivity index (χ4n) is 1.80. The maximum atomic E-state index is 8.58. The minimum Gasteiger partial charge on any atom is -0.333 e. The Hall–Kier alpha value is -1.38. The minimum absolute atomic E-state index is 0.341. The first kappa shape index (κ1) is 10.1. The van der Waals surface area contributed by atoms with E-state index in [-0.39, 0.29) is 6.04 Å². The van der Waals surface area contributed by atoms with E-state index in [9.17, 15) is 0 Å². The fourth-order valence-corrected chi connectivity index (χ4v) is 1.80. The van der Waals surface area contributed by atoms with Gasteiger partial charge in [-0.25, -0.2) is 4.98 Å². The highest BCUT2D eigenvalue weighted by Crippen LogP contribution is 2.10. The first-order chi connectivity index (χ1) is 7.29. The van der Waals surface area contributed by atoms with Crippen LogP contribution in [0.3, 0.4) is 0 Å². The SMILES string of the molecule is N#CC(N)CCN1CCn2ccnc2C1. The van der Waals surface area contributed by atoms with Crippen LogP contribution in [-0.2, 0) is 13.1 Å². The summed E-state index contributed by atoms with van der Waals surface area (Å²) in [6, 6.07) is 1.71. The third-order valence-electron chi connectivity index (χ3n) is 2.75. The van der Waals surface area contributed by atoms with Gasteiger partial charge in [-0.2, -0.15) is 5.26 Å². The van der Waals surface area contributed by atoms with E-state index in [4.69, 9.17) is 11.0 Å². The molecule has 1 aliphatic heterocycles. The molecule has 0 saturated heterocycles. The molecule has 5 heteroatoms. The molecule has 0 aromatic carbocycles. The second-order valence-corrected chi connectivity index (χ2v) is 3.84. The molecule has 5 nitrogen and oxygen atoms in total. The van der Waals surface area contributed by atoms with Crippen molar-refractivity contribution >= 4 is 0 Å². The van der Waals surface area contributed by atoms with Crippen LogP contribution in [0.4, 0.5) is 0 Å². The summed E-state index contributed by atoms with van der Waals surface area (Å²) in [6.45, 7) is 3.74. The van der Waals surface area contributed by atoms with E-state index in [1.54, 1.807) is 0 Å². The number of nitrogens with zero attached hydrogens (tertiary/aromatic N) is 4. The molecule has 0 saturated carbocycles. The maximum absolute atomic E-state index is 8.58. The number of hydrogen-bond donors (Lipinski definition) is 1. The molecule has 0 amide bonds. The number of rotatable bonds is 3. The monoisotopic (exact) mass is 205 g/mol. The summed E-state index contributed by atoms with van der Waals surface area (Å²) in [5.41, 5.74) is 5.56. The smallest absolute Gasteiger partial charge is 0.122 e. The van der Waals surface area contributed by atoms with Crippen LogP contribution < -0.4 is 5.73 Å². The highest BCUT2D eigenvalue weighted by molar-refractivity contribution is 4.96. The van der Waals surface area contributed by atoms with Crippen molar-refractivity contribution in [3.63, 3.8) is 0 Å². The van der Waals surface area contributed by atoms with E-state index in [0.29, 0.717) is 0 Å². The molecule has 1 aromatic rings. The van der Waals surface area contributed by atoms with Gasteiger partial charge in [0.05, 0.1) is 18.7 Å². The highest BCUT2D eigenvalue weighted by atomic mass is 15.2. The number of nitrogens with two attached hydrogens (primary N) is 1. The van der Waals surface area contributed by atoms with Gasteiger partial charge in [-0.15, -0.1) is 0 Å². The van der Waals surface area contributed by atoms with Crippen molar-refractivity contribution in [2.24, 2.45) is 5.73 Å². The summed E-state index contributed by atoms with van der Waals surface area (Å²) in [5, 5.41) is 8.58. The molecule has 80 valence electrons. The molecule has 2 rings (SSSR count). The fraction of sp³-hybridized carbons (Fsp3) is 0.600. The Kier molecular flexibility index (Phi) is 2.99. The molecular formula is C10H15N5. The molecule has 0 bridgehead atoms. The molecule has 0 radical (unpaired) electrons. The molecule has 0 aliphatic carbocycles. The van der Waals surface area contributed by atoms with Crippen molar-refractivity contribution in [3.05, 3.63) is 18.2 Å². The van der Waals surface area contributed by atoms with Gasteiger partial charge in [-0.3, -0.25) is 4.90 Å². The van der Waals surface area contributed by atoms with Gasteiger partial charge < -0.3 is 10.3 Å². The van der Waals surface area contributed by atoms with Crippen LogP contribution in [0.5, 0.6) is 0 Å². The third kappa shape index (κ3) is 2.35. The zero-order valence-electron chi connectivity index (χ0n) is 8.63. The van der Waals surface area contributed by atoms with E-state index in [0.717, 1.165) is 38.4 Å². The van der Waals surface area contributed by atoms with Gasteiger partial charge in [0.1, 0.15) is 5.82 Å². The summed E-state index contributed by atoms with van der Waals surface area (Å²) in [6.07, 6.45) is 4.57. The summed E-state index contributed by atoms with van der Waals surface area (Å²) < 4.78 is 2.17. The summed E-state index contributed by atoms with van der Waals surface area (Å²) in [7, 11) is 0. The Bertz CT molecular complexity index is 364. The van der Waals surface area contributed by atoms with E-state index in [1.165, 1.54) is 0 Å². The van der Waals surface area contributed by atoms with Crippen LogP contribution in [0.25, 0.3) is 0 Å². The third-order valence-corrected chi connectivity index (χ3v) is 2.75. The number of aromatic nitrogens is 2. The van der Waals surface area contributed by atoms with Gasteiger partial charge in [0.15, 0.2) is 0 Å². The van der Waals surface area contributed by atoms with Crippen molar-refractivity contribution in [2.45, 2.75) is 25.6 Å². The molecule has 15 heavy (non-hydrogen) atoms. The zero-order chi connectivity index (χ0) is 10.7. The van der Waals surface area contributed by atoms with Gasteiger partial charge in [-0.1, -0.05) is 0 Å². The molecular weight excluding hydrogens is 190 g/mol. The van der Waals surface area contributed by atoms with E-state index >= 15 is 0 Å². The van der Waals surface area contributed by atoms with E-state index in [2.05, 4.69) is 14.5 Å². The van der Waals surface area contributed by atoms with Crippen LogP contribution in [-0.4, -0.2) is 33.6 Å². The van der Waals surface area contributed by atoms with E-state index in [1.807, 2.05) is 18.5 Å². The van der Waals surface area contributed by atoms with Gasteiger partial charge in [-0.05, 0) is 6.42 Å². The molecule has 0 fully saturated rings. The van der Waals surface area contributed by atoms with Crippen LogP contribution in [0.2, 0.25) is 0 Å². The van der Waals surface area contributed by atoms with Crippen LogP contribution in [0.15, 0.2) is 12.4 Å². The molecule has 1 aromatic heterocycles. The quantitative estimate of drug-likeness (QED) is 0.750. The van der Waals surface area contributed by atoms with E-state index < -0.39 is 0 Å². The summed E-state index contributed by atoms with van der Waals surface area (Å²) in [5.74, 6) is 1.10. The topological polar surface area (TPSA) is 70.9 Å². The lowest BCUT2D eigenvalue weighted by molar-refractivity contribution is 0.213. The molecule has 1 aliphatic rings. The minimum atomic E-state index is -0.341. The van der Waals surface area contributed by atoms with Crippen molar-refractivity contribution < 1.29 is 0 Å². The van der Waals surface area contributed by atoms with Crippen LogP contribution in [0, 0.1) is 11.3 Å². The van der Waals surface area contributed by atoms with Gasteiger partial charge in [0, 0.05) is 32.0 Å². The molecule has 1 atom stereocenters. The van der Waals surface area contributed by atoms with Gasteiger partial charge in [0.2, 0.25) is 0 Å². The van der Waals surface area contributed by atoms with Crippen molar-refractivity contribution in [1.82, 2.24) is 14.5 Å². The normalized spacial score (nSPS) is 18.1. The number of hydrogen-bond acceptors (Lipinski definition) is 4. The summed E-state index contributed by atoms with van der Waals surface area (Å²) in [4.78, 5) is 6.57. The Morgan fingerprint density at radius 3 is 3.27 bits per heavy atom. The Morgan fingerprint density at radius 2 is 2.47 bits per heavy atom. The van der Waals surface area contributed by atoms with Gasteiger partial charge >= 0.3 is 0 Å². The first-order valence-electron chi connectivity index (χ1n) is 5.17. The Labute approximate surface area is 89.1 Å². The maximum Gasteiger partial charge on any atom is 0.122 e. The predicted molar refractivity (Wildman–Crippen MR) is 55.7 cm³/mol. The lowest BCUT2D eigenvalue weighted by Crippen LogP contribution is -2.36. The van der Waals surface area contributed by atoms with Crippen molar-refractivity contribution in [3.8, 4) is 6.07 Å². The van der Waals surface area contributed by atoms with Crippen LogP contribution >= 0.6 is 0 Å². The van der Waals surface area contributed by atoms with Gasteiger partial charge in [0.25, 0.3) is 0 Å². The Balaban J connectivity index is 1.86. The molecule has 2 N–H and O–H groups in total. The number of nitriles is 1. The van der Waals surface area contributed by atoms with Crippen molar-refractivity contribution in [2.75, 3.05) is 13.1 Å². The van der Waals surface area contributed by atoms with Crippen molar-refractivity contribution in [1.29, 1.82) is 5.26 Å². The standard InChI is InChI=1S/C10H15N5/c11-7-9(12)1-3-14-5-6-15-4-2-13-10(15)8-14/h2,4,9H,1,3,5-6,8,12H2. The number of imidazole rings is 1.